The van der Waals surface area contributed by atoms with Crippen molar-refractivity contribution in [1.82, 2.24) is 0 Å². The Morgan fingerprint density at radius 3 is 2.46 bits per heavy atom. The molecule has 2 aliphatic rings. The van der Waals surface area contributed by atoms with E-state index in [0.29, 0.717) is 25.0 Å². The van der Waals surface area contributed by atoms with Crippen LogP contribution in [-0.2, 0) is 12.8 Å². The zero-order chi connectivity index (χ0) is 18.1. The van der Waals surface area contributed by atoms with E-state index in [4.69, 9.17) is 9.47 Å². The monoisotopic (exact) mass is 350 g/mol. The van der Waals surface area contributed by atoms with Gasteiger partial charge in [-0.05, 0) is 77.8 Å². The molecular formula is C24H30O2. The van der Waals surface area contributed by atoms with Gasteiger partial charge in [-0.2, -0.15) is 0 Å². The number of benzene rings is 2. The molecule has 1 aliphatic carbocycles. The van der Waals surface area contributed by atoms with Crippen molar-refractivity contribution in [2.24, 2.45) is 5.92 Å². The lowest BCUT2D eigenvalue weighted by atomic mass is 9.77. The normalized spacial score (nSPS) is 19.9. The highest BCUT2D eigenvalue weighted by Gasteiger charge is 2.23. The molecule has 2 atom stereocenters. The van der Waals surface area contributed by atoms with Crippen LogP contribution in [0.15, 0.2) is 36.4 Å². The van der Waals surface area contributed by atoms with Crippen LogP contribution in [0.4, 0.5) is 0 Å². The highest BCUT2D eigenvalue weighted by molar-refractivity contribution is 5.44. The van der Waals surface area contributed by atoms with E-state index in [1.807, 2.05) is 0 Å². The molecule has 0 N–H and O–H groups in total. The summed E-state index contributed by atoms with van der Waals surface area (Å²) < 4.78 is 11.4. The minimum Gasteiger partial charge on any atom is -0.486 e. The maximum Gasteiger partial charge on any atom is 0.161 e. The van der Waals surface area contributed by atoms with Gasteiger partial charge in [0.2, 0.25) is 0 Å². The fourth-order valence-corrected chi connectivity index (χ4v) is 4.42. The Morgan fingerprint density at radius 2 is 1.65 bits per heavy atom. The molecule has 0 bridgehead atoms. The number of fused-ring (bicyclic) bond motifs is 2. The van der Waals surface area contributed by atoms with Crippen LogP contribution in [0.25, 0.3) is 0 Å². The molecule has 4 rings (SSSR count). The van der Waals surface area contributed by atoms with Crippen molar-refractivity contribution >= 4 is 0 Å². The molecule has 1 heterocycles. The molecule has 0 radical (unpaired) electrons. The first-order valence-electron chi connectivity index (χ1n) is 10.1. The molecule has 0 aromatic heterocycles. The first kappa shape index (κ1) is 17.5. The molecule has 0 spiro atoms. The Hall–Kier alpha value is -1.96. The number of aryl methyl sites for hydroxylation is 1. The summed E-state index contributed by atoms with van der Waals surface area (Å²) in [5.74, 6) is 3.73. The first-order valence-corrected chi connectivity index (χ1v) is 10.1. The van der Waals surface area contributed by atoms with E-state index < -0.39 is 0 Å². The minimum absolute atomic E-state index is 0.547. The third-order valence-electron chi connectivity index (χ3n) is 6.05. The molecule has 138 valence electrons. The number of hydrogen-bond donors (Lipinski definition) is 0. The second-order valence-corrected chi connectivity index (χ2v) is 8.33. The largest absolute Gasteiger partial charge is 0.486 e. The van der Waals surface area contributed by atoms with Crippen molar-refractivity contribution in [3.05, 3.63) is 58.7 Å². The van der Waals surface area contributed by atoms with Gasteiger partial charge in [-0.15, -0.1) is 0 Å². The molecule has 26 heavy (non-hydrogen) atoms. The van der Waals surface area contributed by atoms with Crippen LogP contribution in [-0.4, -0.2) is 13.2 Å². The second-order valence-electron chi connectivity index (χ2n) is 8.33. The van der Waals surface area contributed by atoms with Crippen LogP contribution in [0.5, 0.6) is 11.5 Å². The van der Waals surface area contributed by atoms with Crippen molar-refractivity contribution in [3.8, 4) is 11.5 Å². The predicted octanol–water partition coefficient (Wildman–Crippen LogP) is 5.88. The van der Waals surface area contributed by atoms with Crippen molar-refractivity contribution in [2.45, 2.75) is 58.3 Å². The molecule has 2 unspecified atom stereocenters. The van der Waals surface area contributed by atoms with Gasteiger partial charge in [-0.25, -0.2) is 0 Å². The average molecular weight is 351 g/mol. The van der Waals surface area contributed by atoms with E-state index >= 15 is 0 Å². The summed E-state index contributed by atoms with van der Waals surface area (Å²) in [4.78, 5) is 0. The van der Waals surface area contributed by atoms with Crippen molar-refractivity contribution in [2.75, 3.05) is 13.2 Å². The van der Waals surface area contributed by atoms with E-state index in [0.717, 1.165) is 17.4 Å². The van der Waals surface area contributed by atoms with Crippen LogP contribution in [0.2, 0.25) is 0 Å². The van der Waals surface area contributed by atoms with E-state index in [2.05, 4.69) is 57.2 Å². The summed E-state index contributed by atoms with van der Waals surface area (Å²) >= 11 is 0. The van der Waals surface area contributed by atoms with Gasteiger partial charge in [0.25, 0.3) is 0 Å². The summed E-state index contributed by atoms with van der Waals surface area (Å²) in [6.07, 6.45) is 5.00. The maximum atomic E-state index is 5.76. The lowest BCUT2D eigenvalue weighted by Crippen LogP contribution is -2.17. The molecule has 0 amide bonds. The van der Waals surface area contributed by atoms with Gasteiger partial charge in [0.05, 0.1) is 0 Å². The number of ether oxygens (including phenoxy) is 2. The van der Waals surface area contributed by atoms with Crippen LogP contribution in [0, 0.1) is 5.92 Å². The topological polar surface area (TPSA) is 18.5 Å². The summed E-state index contributed by atoms with van der Waals surface area (Å²) in [5, 5.41) is 0. The van der Waals surface area contributed by atoms with E-state index in [-0.39, 0.29) is 0 Å². The summed E-state index contributed by atoms with van der Waals surface area (Å²) in [6, 6.07) is 13.6. The van der Waals surface area contributed by atoms with E-state index in [1.54, 1.807) is 11.1 Å². The lowest BCUT2D eigenvalue weighted by molar-refractivity contribution is 0.171. The fraction of sp³-hybridized carbons (Fsp3) is 0.500. The zero-order valence-electron chi connectivity index (χ0n) is 16.3. The highest BCUT2D eigenvalue weighted by Crippen LogP contribution is 2.37. The minimum atomic E-state index is 0.547. The van der Waals surface area contributed by atoms with Gasteiger partial charge >= 0.3 is 0 Å². The van der Waals surface area contributed by atoms with Gasteiger partial charge < -0.3 is 9.47 Å². The average Bonchev–Trinajstić information content (AvgIpc) is 2.67. The summed E-state index contributed by atoms with van der Waals surface area (Å²) in [5.41, 5.74) is 6.00. The first-order chi connectivity index (χ1) is 12.6. The Morgan fingerprint density at radius 1 is 0.885 bits per heavy atom. The molecular weight excluding hydrogens is 320 g/mol. The SMILES string of the molecule is CC(C)c1ccc2c(c1)CC(CC(C)c1ccc3c(c1)OCCO3)CC2. The summed E-state index contributed by atoms with van der Waals surface area (Å²) in [7, 11) is 0. The molecule has 2 heteroatoms. The van der Waals surface area contributed by atoms with Crippen LogP contribution in [0.3, 0.4) is 0 Å². The number of hydrogen-bond acceptors (Lipinski definition) is 2. The van der Waals surface area contributed by atoms with Crippen molar-refractivity contribution in [1.29, 1.82) is 0 Å². The molecule has 2 aromatic rings. The summed E-state index contributed by atoms with van der Waals surface area (Å²) in [6.45, 7) is 8.23. The van der Waals surface area contributed by atoms with Crippen molar-refractivity contribution < 1.29 is 9.47 Å². The Balaban J connectivity index is 1.45. The molecule has 0 fully saturated rings. The smallest absolute Gasteiger partial charge is 0.161 e. The number of rotatable bonds is 4. The maximum absolute atomic E-state index is 5.76. The predicted molar refractivity (Wildman–Crippen MR) is 107 cm³/mol. The van der Waals surface area contributed by atoms with E-state index in [9.17, 15) is 0 Å². The molecule has 1 aliphatic heterocycles. The van der Waals surface area contributed by atoms with Gasteiger partial charge in [-0.3, -0.25) is 0 Å². The van der Waals surface area contributed by atoms with E-state index in [1.165, 1.54) is 36.8 Å². The van der Waals surface area contributed by atoms with Gasteiger partial charge in [-0.1, -0.05) is 45.0 Å². The standard InChI is InChI=1S/C24H30O2/c1-16(2)20-7-6-19-5-4-18(13-22(19)14-20)12-17(3)21-8-9-23-24(15-21)26-11-10-25-23/h6-9,14-18H,4-5,10-13H2,1-3H3. The third kappa shape index (κ3) is 3.60. The molecule has 0 saturated heterocycles. The molecule has 2 nitrogen and oxygen atoms in total. The Labute approximate surface area is 157 Å². The fourth-order valence-electron chi connectivity index (χ4n) is 4.42. The zero-order valence-corrected chi connectivity index (χ0v) is 16.3. The Bertz CT molecular complexity index is 778. The van der Waals surface area contributed by atoms with Gasteiger partial charge in [0.15, 0.2) is 11.5 Å². The molecule has 0 saturated carbocycles. The highest BCUT2D eigenvalue weighted by atomic mass is 16.6. The van der Waals surface area contributed by atoms with Crippen molar-refractivity contribution in [3.63, 3.8) is 0 Å². The van der Waals surface area contributed by atoms with Crippen LogP contribution >= 0.6 is 0 Å². The van der Waals surface area contributed by atoms with Gasteiger partial charge in [0.1, 0.15) is 13.2 Å². The third-order valence-corrected chi connectivity index (χ3v) is 6.05. The molecule has 2 aromatic carbocycles. The van der Waals surface area contributed by atoms with Crippen LogP contribution in [0.1, 0.15) is 67.7 Å². The second kappa shape index (κ2) is 7.34. The van der Waals surface area contributed by atoms with Crippen LogP contribution < -0.4 is 9.47 Å². The quantitative estimate of drug-likeness (QED) is 0.685. The van der Waals surface area contributed by atoms with Gasteiger partial charge in [0, 0.05) is 0 Å². The lowest BCUT2D eigenvalue weighted by Gasteiger charge is -2.28. The Kier molecular flexibility index (Phi) is 4.93.